The predicted octanol–water partition coefficient (Wildman–Crippen LogP) is 0.731. The van der Waals surface area contributed by atoms with E-state index in [1.165, 1.54) is 19.3 Å². The Morgan fingerprint density at radius 3 is 3.00 bits per heavy atom. The average Bonchev–Trinajstić information content (AvgIpc) is 2.72. The van der Waals surface area contributed by atoms with E-state index in [0.29, 0.717) is 11.3 Å². The lowest BCUT2D eigenvalue weighted by molar-refractivity contribution is 0.275. The maximum absolute atomic E-state index is 11.7. The Morgan fingerprint density at radius 1 is 1.64 bits per heavy atom. The summed E-state index contributed by atoms with van der Waals surface area (Å²) in [6, 6.07) is 0. The van der Waals surface area contributed by atoms with Crippen LogP contribution < -0.4 is 5.73 Å². The zero-order valence-corrected chi connectivity index (χ0v) is 9.68. The molecule has 1 unspecified atom stereocenters. The molecule has 1 saturated carbocycles. The SMILES string of the molecule is CCS(=O)N1C[C@@H]2CCC[C@]2(CN)C1. The van der Waals surface area contributed by atoms with Crippen molar-refractivity contribution in [1.82, 2.24) is 4.31 Å². The number of nitrogens with two attached hydrogens (primary N) is 1. The van der Waals surface area contributed by atoms with Crippen molar-refractivity contribution in [2.75, 3.05) is 25.4 Å². The summed E-state index contributed by atoms with van der Waals surface area (Å²) in [6.45, 7) is 4.74. The molecule has 2 fully saturated rings. The van der Waals surface area contributed by atoms with Crippen molar-refractivity contribution >= 4 is 11.0 Å². The Kier molecular flexibility index (Phi) is 2.96. The fourth-order valence-corrected chi connectivity index (χ4v) is 4.15. The van der Waals surface area contributed by atoms with Gasteiger partial charge in [-0.05, 0) is 25.3 Å². The number of fused-ring (bicyclic) bond motifs is 1. The first-order chi connectivity index (χ1) is 6.72. The van der Waals surface area contributed by atoms with E-state index in [9.17, 15) is 4.21 Å². The Balaban J connectivity index is 2.08. The van der Waals surface area contributed by atoms with Crippen LogP contribution in [0.1, 0.15) is 26.2 Å². The standard InChI is InChI=1S/C10H20N2OS/c1-2-14(13)12-6-9-4-3-5-10(9,7-11)8-12/h9H,2-8,11H2,1H3/t9-,10-,14?/m0/s1. The monoisotopic (exact) mass is 216 g/mol. The lowest BCUT2D eigenvalue weighted by Crippen LogP contribution is -2.35. The van der Waals surface area contributed by atoms with Gasteiger partial charge in [-0.25, -0.2) is 8.51 Å². The molecular weight excluding hydrogens is 196 g/mol. The lowest BCUT2D eigenvalue weighted by Gasteiger charge is -2.26. The second kappa shape index (κ2) is 3.91. The molecule has 2 aliphatic rings. The summed E-state index contributed by atoms with van der Waals surface area (Å²) in [7, 11) is -0.761. The maximum Gasteiger partial charge on any atom is 0.0939 e. The summed E-state index contributed by atoms with van der Waals surface area (Å²) in [6.07, 6.45) is 3.84. The Bertz CT molecular complexity index is 246. The van der Waals surface area contributed by atoms with Gasteiger partial charge in [0.05, 0.1) is 11.0 Å². The van der Waals surface area contributed by atoms with Crippen molar-refractivity contribution in [2.45, 2.75) is 26.2 Å². The highest BCUT2D eigenvalue weighted by molar-refractivity contribution is 7.82. The van der Waals surface area contributed by atoms with Crippen molar-refractivity contribution < 1.29 is 4.21 Å². The van der Waals surface area contributed by atoms with Crippen molar-refractivity contribution in [1.29, 1.82) is 0 Å². The molecule has 0 aromatic carbocycles. The molecule has 0 radical (unpaired) electrons. The minimum absolute atomic E-state index is 0.310. The molecular formula is C10H20N2OS. The summed E-state index contributed by atoms with van der Waals surface area (Å²) < 4.78 is 13.8. The molecule has 1 saturated heterocycles. The molecule has 4 heteroatoms. The van der Waals surface area contributed by atoms with E-state index >= 15 is 0 Å². The van der Waals surface area contributed by atoms with Crippen LogP contribution in [0.25, 0.3) is 0 Å². The maximum atomic E-state index is 11.7. The van der Waals surface area contributed by atoms with Gasteiger partial charge in [0.15, 0.2) is 0 Å². The highest BCUT2D eigenvalue weighted by Crippen LogP contribution is 2.48. The van der Waals surface area contributed by atoms with E-state index in [4.69, 9.17) is 5.73 Å². The first-order valence-electron chi connectivity index (χ1n) is 5.55. The summed E-state index contributed by atoms with van der Waals surface area (Å²) in [5, 5.41) is 0. The number of nitrogens with zero attached hydrogens (tertiary/aromatic N) is 1. The van der Waals surface area contributed by atoms with Crippen LogP contribution in [0, 0.1) is 11.3 Å². The Morgan fingerprint density at radius 2 is 2.43 bits per heavy atom. The molecule has 0 aromatic rings. The molecule has 0 bridgehead atoms. The van der Waals surface area contributed by atoms with Crippen LogP contribution in [-0.2, 0) is 11.0 Å². The third kappa shape index (κ3) is 1.53. The van der Waals surface area contributed by atoms with Crippen molar-refractivity contribution in [2.24, 2.45) is 17.1 Å². The molecule has 1 aliphatic heterocycles. The van der Waals surface area contributed by atoms with Gasteiger partial charge in [0.25, 0.3) is 0 Å². The van der Waals surface area contributed by atoms with E-state index in [1.807, 2.05) is 6.92 Å². The topological polar surface area (TPSA) is 46.3 Å². The molecule has 14 heavy (non-hydrogen) atoms. The lowest BCUT2D eigenvalue weighted by atomic mass is 9.81. The molecule has 0 amide bonds. The van der Waals surface area contributed by atoms with Crippen LogP contribution in [0.4, 0.5) is 0 Å². The first-order valence-corrected chi connectivity index (χ1v) is 6.83. The van der Waals surface area contributed by atoms with E-state index in [-0.39, 0.29) is 0 Å². The van der Waals surface area contributed by atoms with Gasteiger partial charge in [-0.1, -0.05) is 13.3 Å². The van der Waals surface area contributed by atoms with Crippen LogP contribution in [0.3, 0.4) is 0 Å². The molecule has 2 rings (SSSR count). The van der Waals surface area contributed by atoms with Crippen LogP contribution >= 0.6 is 0 Å². The Labute approximate surface area is 88.6 Å². The highest BCUT2D eigenvalue weighted by atomic mass is 32.2. The first kappa shape index (κ1) is 10.6. The molecule has 3 atom stereocenters. The third-order valence-electron chi connectivity index (χ3n) is 3.95. The van der Waals surface area contributed by atoms with E-state index in [0.717, 1.165) is 25.4 Å². The van der Waals surface area contributed by atoms with E-state index in [1.54, 1.807) is 0 Å². The molecule has 0 spiro atoms. The van der Waals surface area contributed by atoms with Crippen LogP contribution in [-0.4, -0.2) is 33.9 Å². The van der Waals surface area contributed by atoms with Crippen molar-refractivity contribution in [3.63, 3.8) is 0 Å². The van der Waals surface area contributed by atoms with Gasteiger partial charge in [0.2, 0.25) is 0 Å². The summed E-state index contributed by atoms with van der Waals surface area (Å²) in [5.41, 5.74) is 6.20. The Hall–Kier alpha value is 0.0700. The van der Waals surface area contributed by atoms with Gasteiger partial charge in [-0.2, -0.15) is 0 Å². The van der Waals surface area contributed by atoms with Crippen molar-refractivity contribution in [3.05, 3.63) is 0 Å². The molecule has 1 heterocycles. The molecule has 0 aromatic heterocycles. The zero-order chi connectivity index (χ0) is 10.2. The normalized spacial score (nSPS) is 40.0. The second-order valence-corrected chi connectivity index (χ2v) is 6.33. The van der Waals surface area contributed by atoms with Crippen LogP contribution in [0.5, 0.6) is 0 Å². The number of hydrogen-bond acceptors (Lipinski definition) is 2. The zero-order valence-electron chi connectivity index (χ0n) is 8.87. The van der Waals surface area contributed by atoms with Crippen LogP contribution in [0.2, 0.25) is 0 Å². The van der Waals surface area contributed by atoms with Gasteiger partial charge < -0.3 is 5.73 Å². The van der Waals surface area contributed by atoms with Crippen molar-refractivity contribution in [3.8, 4) is 0 Å². The van der Waals surface area contributed by atoms with E-state index < -0.39 is 11.0 Å². The minimum Gasteiger partial charge on any atom is -0.330 e. The minimum atomic E-state index is -0.761. The smallest absolute Gasteiger partial charge is 0.0939 e. The summed E-state index contributed by atoms with van der Waals surface area (Å²) >= 11 is 0. The van der Waals surface area contributed by atoms with Gasteiger partial charge in [-0.3, -0.25) is 0 Å². The van der Waals surface area contributed by atoms with Gasteiger partial charge in [0, 0.05) is 24.3 Å². The largest absolute Gasteiger partial charge is 0.330 e. The fourth-order valence-electron chi connectivity index (χ4n) is 3.04. The quantitative estimate of drug-likeness (QED) is 0.756. The van der Waals surface area contributed by atoms with Gasteiger partial charge in [-0.15, -0.1) is 0 Å². The number of rotatable bonds is 3. The summed E-state index contributed by atoms with van der Waals surface area (Å²) in [5.74, 6) is 1.45. The van der Waals surface area contributed by atoms with Gasteiger partial charge >= 0.3 is 0 Å². The predicted molar refractivity (Wildman–Crippen MR) is 59.1 cm³/mol. The molecule has 1 aliphatic carbocycles. The second-order valence-electron chi connectivity index (χ2n) is 4.59. The van der Waals surface area contributed by atoms with E-state index in [2.05, 4.69) is 4.31 Å². The highest BCUT2D eigenvalue weighted by Gasteiger charge is 2.49. The molecule has 3 nitrogen and oxygen atoms in total. The average molecular weight is 216 g/mol. The van der Waals surface area contributed by atoms with Crippen LogP contribution in [0.15, 0.2) is 0 Å². The molecule has 2 N–H and O–H groups in total. The molecule has 82 valence electrons. The fraction of sp³-hybridized carbons (Fsp3) is 1.00. The third-order valence-corrected chi connectivity index (χ3v) is 5.30. The number of hydrogen-bond donors (Lipinski definition) is 1. The van der Waals surface area contributed by atoms with Gasteiger partial charge in [0.1, 0.15) is 0 Å². The summed E-state index contributed by atoms with van der Waals surface area (Å²) in [4.78, 5) is 0.